The number of aromatic nitrogens is 5. The maximum atomic E-state index is 12.6. The minimum absolute atomic E-state index is 0.0108. The Kier molecular flexibility index (Phi) is 3.55. The van der Waals surface area contributed by atoms with E-state index in [1.165, 1.54) is 19.5 Å². The minimum atomic E-state index is -4.70. The second kappa shape index (κ2) is 5.44. The Balaban J connectivity index is 2.23. The van der Waals surface area contributed by atoms with Crippen LogP contribution in [0, 0.1) is 0 Å². The van der Waals surface area contributed by atoms with E-state index in [2.05, 4.69) is 20.1 Å². The fraction of sp³-hybridized carbons (Fsp3) is 0.154. The molecule has 3 aromatic heterocycles. The van der Waals surface area contributed by atoms with Crippen LogP contribution in [0.4, 0.5) is 13.2 Å². The Bertz CT molecular complexity index is 944. The number of ketones is 1. The van der Waals surface area contributed by atoms with Gasteiger partial charge in [0.1, 0.15) is 12.1 Å². The van der Waals surface area contributed by atoms with E-state index in [0.29, 0.717) is 0 Å². The van der Waals surface area contributed by atoms with Crippen molar-refractivity contribution in [3.63, 3.8) is 0 Å². The molecule has 0 aliphatic carbocycles. The molecule has 3 heterocycles. The molecule has 0 spiro atoms. The molecule has 0 radical (unpaired) electrons. The first-order valence-electron chi connectivity index (χ1n) is 6.39. The summed E-state index contributed by atoms with van der Waals surface area (Å²) in [6.45, 7) is 0. The van der Waals surface area contributed by atoms with Crippen LogP contribution < -0.4 is 4.74 Å². The predicted octanol–water partition coefficient (Wildman–Crippen LogP) is 1.55. The van der Waals surface area contributed by atoms with Crippen molar-refractivity contribution < 1.29 is 27.5 Å². The first-order valence-corrected chi connectivity index (χ1v) is 6.39. The zero-order valence-corrected chi connectivity index (χ0v) is 12.0. The number of hydrogen-bond donors (Lipinski definition) is 1. The number of methoxy groups -OCH3 is 1. The number of ether oxygens (including phenoxy) is 1. The van der Waals surface area contributed by atoms with E-state index in [-0.39, 0.29) is 34.3 Å². The molecule has 0 aliphatic heterocycles. The molecule has 11 heteroatoms. The Hall–Kier alpha value is -3.24. The number of Topliss-reactive ketones (excluding diaryl/α,β-unsaturated/α-hetero) is 1. The van der Waals surface area contributed by atoms with Crippen LogP contribution in [-0.2, 0) is 11.0 Å². The summed E-state index contributed by atoms with van der Waals surface area (Å²) in [7, 11) is 1.33. The average molecular weight is 339 g/mol. The van der Waals surface area contributed by atoms with Crippen LogP contribution in [-0.4, -0.2) is 43.9 Å². The van der Waals surface area contributed by atoms with Crippen LogP contribution >= 0.6 is 0 Å². The number of hydrogen-bond acceptors (Lipinski definition) is 6. The molecule has 0 aromatic carbocycles. The summed E-state index contributed by atoms with van der Waals surface area (Å²) in [6, 6.07) is 0. The summed E-state index contributed by atoms with van der Waals surface area (Å²) < 4.78 is 43.8. The molecule has 8 nitrogen and oxygen atoms in total. The number of aldehydes is 1. The van der Waals surface area contributed by atoms with Crippen molar-refractivity contribution in [1.82, 2.24) is 24.7 Å². The van der Waals surface area contributed by atoms with Gasteiger partial charge in [-0.2, -0.15) is 17.9 Å². The molecule has 0 aliphatic rings. The molecule has 0 atom stereocenters. The fourth-order valence-corrected chi connectivity index (χ4v) is 2.19. The number of carbonyl (C=O) groups is 2. The SMILES string of the molecule is COc1cnc(-n2cnc(C(F)(F)F)n2)c2[nH]cc(C(=O)C=O)c12. The summed E-state index contributed by atoms with van der Waals surface area (Å²) in [5.41, 5.74) is 0.190. The van der Waals surface area contributed by atoms with Gasteiger partial charge in [0.05, 0.1) is 29.8 Å². The fourth-order valence-electron chi connectivity index (χ4n) is 2.19. The number of nitrogens with zero attached hydrogens (tertiary/aromatic N) is 4. The molecular weight excluding hydrogens is 331 g/mol. The van der Waals surface area contributed by atoms with E-state index < -0.39 is 17.8 Å². The van der Waals surface area contributed by atoms with Gasteiger partial charge >= 0.3 is 6.18 Å². The Morgan fingerprint density at radius 2 is 2.12 bits per heavy atom. The van der Waals surface area contributed by atoms with E-state index in [9.17, 15) is 22.8 Å². The third kappa shape index (κ3) is 2.39. The first kappa shape index (κ1) is 15.6. The van der Waals surface area contributed by atoms with Crippen molar-refractivity contribution in [3.05, 3.63) is 30.1 Å². The first-order chi connectivity index (χ1) is 11.4. The molecule has 124 valence electrons. The Labute approximate surface area is 131 Å². The zero-order chi connectivity index (χ0) is 17.5. The second-order valence-electron chi connectivity index (χ2n) is 4.60. The predicted molar refractivity (Wildman–Crippen MR) is 73.0 cm³/mol. The lowest BCUT2D eigenvalue weighted by Gasteiger charge is -2.06. The Morgan fingerprint density at radius 1 is 1.38 bits per heavy atom. The number of carbonyl (C=O) groups excluding carboxylic acids is 2. The highest BCUT2D eigenvalue weighted by Crippen LogP contribution is 2.32. The minimum Gasteiger partial charge on any atom is -0.494 e. The number of alkyl halides is 3. The monoisotopic (exact) mass is 339 g/mol. The van der Waals surface area contributed by atoms with Crippen LogP contribution in [0.3, 0.4) is 0 Å². The number of nitrogens with one attached hydrogen (secondary N) is 1. The third-order valence-electron chi connectivity index (χ3n) is 3.21. The van der Waals surface area contributed by atoms with Crippen LogP contribution in [0.25, 0.3) is 16.7 Å². The maximum absolute atomic E-state index is 12.6. The lowest BCUT2D eigenvalue weighted by molar-refractivity contribution is -0.144. The third-order valence-corrected chi connectivity index (χ3v) is 3.21. The molecule has 0 bridgehead atoms. The van der Waals surface area contributed by atoms with Gasteiger partial charge in [-0.1, -0.05) is 0 Å². The van der Waals surface area contributed by atoms with Gasteiger partial charge in [0, 0.05) is 6.20 Å². The van der Waals surface area contributed by atoms with Gasteiger partial charge in [0.15, 0.2) is 12.1 Å². The number of aromatic amines is 1. The van der Waals surface area contributed by atoms with Crippen molar-refractivity contribution in [3.8, 4) is 11.6 Å². The summed E-state index contributed by atoms with van der Waals surface area (Å²) in [6.07, 6.45) is -1.28. The molecule has 0 saturated carbocycles. The molecule has 3 rings (SSSR count). The van der Waals surface area contributed by atoms with Crippen LogP contribution in [0.1, 0.15) is 16.2 Å². The number of fused-ring (bicyclic) bond motifs is 1. The van der Waals surface area contributed by atoms with Gasteiger partial charge in [-0.3, -0.25) is 9.59 Å². The molecule has 1 N–H and O–H groups in total. The van der Waals surface area contributed by atoms with Gasteiger partial charge in [-0.25, -0.2) is 9.97 Å². The summed E-state index contributed by atoms with van der Waals surface area (Å²) >= 11 is 0. The quantitative estimate of drug-likeness (QED) is 0.439. The van der Waals surface area contributed by atoms with Gasteiger partial charge in [0.2, 0.25) is 5.78 Å². The summed E-state index contributed by atoms with van der Waals surface area (Å²) in [4.78, 5) is 32.3. The summed E-state index contributed by atoms with van der Waals surface area (Å²) in [5, 5.41) is 3.55. The topological polar surface area (TPSA) is 103 Å². The van der Waals surface area contributed by atoms with Crippen LogP contribution in [0.15, 0.2) is 18.7 Å². The largest absolute Gasteiger partial charge is 0.494 e. The number of halogens is 3. The smallest absolute Gasteiger partial charge is 0.453 e. The van der Waals surface area contributed by atoms with E-state index in [4.69, 9.17) is 4.74 Å². The highest BCUT2D eigenvalue weighted by atomic mass is 19.4. The van der Waals surface area contributed by atoms with Gasteiger partial charge < -0.3 is 9.72 Å². The molecule has 24 heavy (non-hydrogen) atoms. The zero-order valence-electron chi connectivity index (χ0n) is 12.0. The van der Waals surface area contributed by atoms with Crippen molar-refractivity contribution in [1.29, 1.82) is 0 Å². The lowest BCUT2D eigenvalue weighted by atomic mass is 10.1. The molecule has 0 fully saturated rings. The van der Waals surface area contributed by atoms with E-state index in [1.807, 2.05) is 0 Å². The highest BCUT2D eigenvalue weighted by molar-refractivity contribution is 6.36. The van der Waals surface area contributed by atoms with E-state index in [1.54, 1.807) is 0 Å². The average Bonchev–Trinajstić information content (AvgIpc) is 3.20. The van der Waals surface area contributed by atoms with Crippen molar-refractivity contribution in [2.45, 2.75) is 6.18 Å². The Morgan fingerprint density at radius 3 is 2.71 bits per heavy atom. The van der Waals surface area contributed by atoms with Gasteiger partial charge in [-0.15, -0.1) is 5.10 Å². The number of H-pyrrole nitrogens is 1. The van der Waals surface area contributed by atoms with Crippen molar-refractivity contribution in [2.24, 2.45) is 0 Å². The molecule has 0 unspecified atom stereocenters. The van der Waals surface area contributed by atoms with E-state index >= 15 is 0 Å². The standard InChI is InChI=1S/C13H8F3N5O3/c1-24-8-3-18-11(21-5-19-12(20-21)13(14,15)16)10-9(8)6(2-17-10)7(23)4-22/h2-5,17H,1H3. The van der Waals surface area contributed by atoms with Gasteiger partial charge in [-0.05, 0) is 0 Å². The summed E-state index contributed by atoms with van der Waals surface area (Å²) in [5.74, 6) is -2.00. The van der Waals surface area contributed by atoms with Gasteiger partial charge in [0.25, 0.3) is 5.82 Å². The number of rotatable bonds is 4. The normalized spacial score (nSPS) is 11.7. The highest BCUT2D eigenvalue weighted by Gasteiger charge is 2.36. The van der Waals surface area contributed by atoms with E-state index in [0.717, 1.165) is 11.0 Å². The van der Waals surface area contributed by atoms with Crippen LogP contribution in [0.2, 0.25) is 0 Å². The van der Waals surface area contributed by atoms with Crippen LogP contribution in [0.5, 0.6) is 5.75 Å². The van der Waals surface area contributed by atoms with Crippen molar-refractivity contribution >= 4 is 23.0 Å². The molecule has 0 amide bonds. The molecular formula is C13H8F3N5O3. The molecule has 3 aromatic rings. The maximum Gasteiger partial charge on any atom is 0.453 e. The van der Waals surface area contributed by atoms with Crippen molar-refractivity contribution in [2.75, 3.05) is 7.11 Å². The number of pyridine rings is 1. The molecule has 0 saturated heterocycles. The second-order valence-corrected chi connectivity index (χ2v) is 4.60. The lowest BCUT2D eigenvalue weighted by Crippen LogP contribution is -2.09.